The van der Waals surface area contributed by atoms with Gasteiger partial charge in [0.2, 0.25) is 0 Å². The Labute approximate surface area is 162 Å². The minimum absolute atomic E-state index is 0.0681. The molecule has 2 amide bonds. The van der Waals surface area contributed by atoms with E-state index in [-0.39, 0.29) is 35.5 Å². The Morgan fingerprint density at radius 2 is 0.964 bits per heavy atom. The number of hydrogen-bond acceptors (Lipinski definition) is 3. The van der Waals surface area contributed by atoms with E-state index in [4.69, 9.17) is 0 Å². The summed E-state index contributed by atoms with van der Waals surface area (Å²) in [6.45, 7) is 0. The number of hydrogen-bond donors (Lipinski definition) is 1. The summed E-state index contributed by atoms with van der Waals surface area (Å²) in [5.41, 5.74) is 8.55. The van der Waals surface area contributed by atoms with Crippen molar-refractivity contribution in [2.24, 2.45) is 11.8 Å². The summed E-state index contributed by atoms with van der Waals surface area (Å²) in [5.74, 6) is -1.09. The van der Waals surface area contributed by atoms with Crippen molar-refractivity contribution in [1.29, 1.82) is 0 Å². The van der Waals surface area contributed by atoms with Crippen LogP contribution in [-0.4, -0.2) is 16.8 Å². The van der Waals surface area contributed by atoms with E-state index < -0.39 is 0 Å². The molecule has 0 saturated carbocycles. The summed E-state index contributed by atoms with van der Waals surface area (Å²) in [7, 11) is 0. The summed E-state index contributed by atoms with van der Waals surface area (Å²) in [4.78, 5) is 26.8. The third kappa shape index (κ3) is 1.89. The molecule has 0 aromatic heterocycles. The van der Waals surface area contributed by atoms with E-state index in [2.05, 4.69) is 29.7 Å². The van der Waals surface area contributed by atoms with Gasteiger partial charge in [-0.1, -0.05) is 66.7 Å². The number of nitrogens with zero attached hydrogens (tertiary/aromatic N) is 1. The van der Waals surface area contributed by atoms with Crippen molar-refractivity contribution in [2.45, 2.75) is 11.8 Å². The van der Waals surface area contributed by atoms with Crippen LogP contribution in [0.4, 0.5) is 5.69 Å². The van der Waals surface area contributed by atoms with Crippen molar-refractivity contribution < 1.29 is 9.59 Å². The number of carbonyl (C=O) groups is 2. The highest BCUT2D eigenvalue weighted by molar-refractivity contribution is 6.08. The number of carbonyl (C=O) groups excluding carboxylic acids is 2. The fraction of sp³-hybridized carbons (Fsp3) is 0.167. The largest absolute Gasteiger partial charge is 0.289 e. The molecule has 2 bridgehead atoms. The van der Waals surface area contributed by atoms with Gasteiger partial charge in [-0.3, -0.25) is 15.0 Å². The molecule has 28 heavy (non-hydrogen) atoms. The standard InChI is InChI=1S/C24H18N2O2/c27-23-21-19-15-10-4-5-11-16(15)20(18-13-7-6-12-17(18)19)22(21)24(28)26(23)25-14-8-2-1-3-9-14/h1-13,19-22,25H/t19?,20?,21-,22-/m0/s1. The molecule has 1 heterocycles. The lowest BCUT2D eigenvalue weighted by molar-refractivity contribution is -0.138. The van der Waals surface area contributed by atoms with Gasteiger partial charge < -0.3 is 0 Å². The first-order valence-corrected chi connectivity index (χ1v) is 9.63. The summed E-state index contributed by atoms with van der Waals surface area (Å²) < 4.78 is 0. The molecule has 1 aliphatic heterocycles. The highest BCUT2D eigenvalue weighted by atomic mass is 16.2. The Morgan fingerprint density at radius 1 is 0.571 bits per heavy atom. The predicted octanol–water partition coefficient (Wildman–Crippen LogP) is 3.91. The number of benzene rings is 3. The van der Waals surface area contributed by atoms with Crippen LogP contribution in [-0.2, 0) is 9.59 Å². The van der Waals surface area contributed by atoms with Crippen LogP contribution in [0.1, 0.15) is 34.1 Å². The minimum Gasteiger partial charge on any atom is -0.289 e. The van der Waals surface area contributed by atoms with Crippen LogP contribution in [0.2, 0.25) is 0 Å². The van der Waals surface area contributed by atoms with Crippen LogP contribution in [0.5, 0.6) is 0 Å². The number of amides is 2. The molecular weight excluding hydrogens is 348 g/mol. The molecule has 2 atom stereocenters. The van der Waals surface area contributed by atoms with Crippen molar-refractivity contribution in [3.63, 3.8) is 0 Å². The fourth-order valence-electron chi connectivity index (χ4n) is 5.43. The number of para-hydroxylation sites is 1. The maximum atomic E-state index is 13.4. The predicted molar refractivity (Wildman–Crippen MR) is 105 cm³/mol. The molecule has 3 aromatic rings. The molecule has 0 spiro atoms. The molecule has 0 unspecified atom stereocenters. The normalized spacial score (nSPS) is 26.6. The average Bonchev–Trinajstić information content (AvgIpc) is 3.00. The number of rotatable bonds is 2. The van der Waals surface area contributed by atoms with Crippen LogP contribution in [0.3, 0.4) is 0 Å². The van der Waals surface area contributed by atoms with Crippen molar-refractivity contribution in [3.05, 3.63) is 101 Å². The van der Waals surface area contributed by atoms with Gasteiger partial charge in [0, 0.05) is 11.8 Å². The SMILES string of the molecule is O=C1[C@H]2C3c4ccccc4C(c4ccccc43)[C@@H]2C(=O)N1Nc1ccccc1. The number of hydrazine groups is 1. The number of anilines is 1. The molecule has 3 aliphatic carbocycles. The lowest BCUT2D eigenvalue weighted by Gasteiger charge is -2.45. The van der Waals surface area contributed by atoms with Gasteiger partial charge in [-0.25, -0.2) is 0 Å². The zero-order valence-corrected chi connectivity index (χ0v) is 15.1. The van der Waals surface area contributed by atoms with Crippen LogP contribution >= 0.6 is 0 Å². The summed E-state index contributed by atoms with van der Waals surface area (Å²) in [6, 6.07) is 26.0. The third-order valence-corrected chi connectivity index (χ3v) is 6.46. The van der Waals surface area contributed by atoms with E-state index in [1.165, 1.54) is 27.3 Å². The lowest BCUT2D eigenvalue weighted by atomic mass is 9.55. The molecule has 1 fully saturated rings. The van der Waals surface area contributed by atoms with Gasteiger partial charge in [0.15, 0.2) is 0 Å². The third-order valence-electron chi connectivity index (χ3n) is 6.46. The second kappa shape index (κ2) is 5.55. The van der Waals surface area contributed by atoms with Crippen molar-refractivity contribution in [2.75, 3.05) is 5.43 Å². The molecule has 4 nitrogen and oxygen atoms in total. The molecule has 7 rings (SSSR count). The number of nitrogens with one attached hydrogen (secondary N) is 1. The second-order valence-corrected chi connectivity index (χ2v) is 7.75. The van der Waals surface area contributed by atoms with Crippen molar-refractivity contribution in [3.8, 4) is 0 Å². The topological polar surface area (TPSA) is 49.4 Å². The first-order valence-electron chi connectivity index (χ1n) is 9.63. The Bertz CT molecular complexity index is 1010. The van der Waals surface area contributed by atoms with Crippen LogP contribution in [0, 0.1) is 11.8 Å². The first-order chi connectivity index (χ1) is 13.8. The minimum atomic E-state index is -0.349. The van der Waals surface area contributed by atoms with E-state index in [1.807, 2.05) is 54.6 Å². The van der Waals surface area contributed by atoms with Crippen LogP contribution in [0.25, 0.3) is 0 Å². The molecule has 1 saturated heterocycles. The Kier molecular flexibility index (Phi) is 3.10. The molecule has 4 aliphatic rings. The Morgan fingerprint density at radius 3 is 1.39 bits per heavy atom. The number of imide groups is 1. The van der Waals surface area contributed by atoms with E-state index in [9.17, 15) is 9.59 Å². The van der Waals surface area contributed by atoms with Crippen molar-refractivity contribution >= 4 is 17.5 Å². The van der Waals surface area contributed by atoms with E-state index in [1.54, 1.807) is 0 Å². The molecular formula is C24H18N2O2. The van der Waals surface area contributed by atoms with E-state index in [0.717, 1.165) is 5.69 Å². The summed E-state index contributed by atoms with van der Waals surface area (Å²) >= 11 is 0. The smallest absolute Gasteiger partial charge is 0.253 e. The zero-order valence-electron chi connectivity index (χ0n) is 15.1. The highest BCUT2D eigenvalue weighted by Gasteiger charge is 2.61. The first kappa shape index (κ1) is 15.6. The van der Waals surface area contributed by atoms with Gasteiger partial charge in [0.05, 0.1) is 17.5 Å². The van der Waals surface area contributed by atoms with Gasteiger partial charge in [0.25, 0.3) is 11.8 Å². The highest BCUT2D eigenvalue weighted by Crippen LogP contribution is 2.60. The molecule has 136 valence electrons. The Hall–Kier alpha value is -3.40. The van der Waals surface area contributed by atoms with Crippen molar-refractivity contribution in [1.82, 2.24) is 5.01 Å². The molecule has 4 heteroatoms. The van der Waals surface area contributed by atoms with E-state index in [0.29, 0.717) is 0 Å². The average molecular weight is 366 g/mol. The monoisotopic (exact) mass is 366 g/mol. The maximum Gasteiger partial charge on any atom is 0.253 e. The maximum absolute atomic E-state index is 13.4. The zero-order chi connectivity index (χ0) is 18.8. The Balaban J connectivity index is 1.50. The van der Waals surface area contributed by atoms with Gasteiger partial charge in [-0.2, -0.15) is 5.01 Å². The second-order valence-electron chi connectivity index (χ2n) is 7.75. The molecule has 1 N–H and O–H groups in total. The quantitative estimate of drug-likeness (QED) is 0.700. The van der Waals surface area contributed by atoms with Gasteiger partial charge in [-0.15, -0.1) is 0 Å². The van der Waals surface area contributed by atoms with E-state index >= 15 is 0 Å². The summed E-state index contributed by atoms with van der Waals surface area (Å²) in [6.07, 6.45) is 0. The fourth-order valence-corrected chi connectivity index (χ4v) is 5.43. The lowest BCUT2D eigenvalue weighted by Crippen LogP contribution is -2.41. The van der Waals surface area contributed by atoms with Crippen LogP contribution < -0.4 is 5.43 Å². The molecule has 3 aromatic carbocycles. The van der Waals surface area contributed by atoms with Gasteiger partial charge >= 0.3 is 0 Å². The van der Waals surface area contributed by atoms with Crippen LogP contribution in [0.15, 0.2) is 78.9 Å². The van der Waals surface area contributed by atoms with Gasteiger partial charge in [-0.05, 0) is 34.4 Å². The molecule has 0 radical (unpaired) electrons. The summed E-state index contributed by atoms with van der Waals surface area (Å²) in [5, 5.41) is 1.25. The van der Waals surface area contributed by atoms with Gasteiger partial charge in [0.1, 0.15) is 0 Å².